The van der Waals surface area contributed by atoms with Crippen molar-refractivity contribution in [1.82, 2.24) is 0 Å². The zero-order chi connectivity index (χ0) is 6.69. The van der Waals surface area contributed by atoms with Gasteiger partial charge in [0.05, 0.1) is 8.80 Å². The first-order valence-electron chi connectivity index (χ1n) is 3.80. The van der Waals surface area contributed by atoms with E-state index < -0.39 is 0 Å². The summed E-state index contributed by atoms with van der Waals surface area (Å²) in [6, 6.07) is 0. The summed E-state index contributed by atoms with van der Waals surface area (Å²) < 4.78 is 0. The van der Waals surface area contributed by atoms with Crippen LogP contribution in [0.3, 0.4) is 0 Å². The second kappa shape index (κ2) is 3.21. The topological polar surface area (TPSA) is 0 Å². The quantitative estimate of drug-likeness (QED) is 0.490. The lowest BCUT2D eigenvalue weighted by Crippen LogP contribution is -2.08. The van der Waals surface area contributed by atoms with Crippen LogP contribution in [0.15, 0.2) is 11.3 Å². The molecule has 1 heteroatoms. The summed E-state index contributed by atoms with van der Waals surface area (Å²) in [6.07, 6.45) is 8.10. The van der Waals surface area contributed by atoms with Crippen LogP contribution in [0.25, 0.3) is 0 Å². The summed E-state index contributed by atoms with van der Waals surface area (Å²) in [4.78, 5) is 0. The Kier molecular flexibility index (Phi) is 2.52. The predicted octanol–water partition coefficient (Wildman–Crippen LogP) is 2.78. The standard InChI is InChI=1S/C8H15Si/c1-9(2)8-6-4-3-5-7-8/h6H,3-5,7H2,1-2H3. The average molecular weight is 139 g/mol. The minimum atomic E-state index is -0.0741. The van der Waals surface area contributed by atoms with Crippen LogP contribution in [-0.2, 0) is 0 Å². The van der Waals surface area contributed by atoms with Gasteiger partial charge in [-0.1, -0.05) is 24.4 Å². The van der Waals surface area contributed by atoms with Crippen LogP contribution in [0.2, 0.25) is 13.1 Å². The number of hydrogen-bond acceptors (Lipinski definition) is 0. The van der Waals surface area contributed by atoms with Crippen LogP contribution in [0.5, 0.6) is 0 Å². The highest BCUT2D eigenvalue weighted by Crippen LogP contribution is 2.18. The normalized spacial score (nSPS) is 20.1. The van der Waals surface area contributed by atoms with E-state index in [-0.39, 0.29) is 8.80 Å². The number of allylic oxidation sites excluding steroid dienone is 2. The molecule has 0 unspecified atom stereocenters. The third-order valence-corrected chi connectivity index (χ3v) is 3.67. The number of hydrogen-bond donors (Lipinski definition) is 0. The molecule has 9 heavy (non-hydrogen) atoms. The van der Waals surface area contributed by atoms with Crippen molar-refractivity contribution >= 4 is 8.80 Å². The van der Waals surface area contributed by atoms with Crippen molar-refractivity contribution in [3.05, 3.63) is 11.3 Å². The van der Waals surface area contributed by atoms with Gasteiger partial charge < -0.3 is 0 Å². The van der Waals surface area contributed by atoms with Gasteiger partial charge in [-0.25, -0.2) is 0 Å². The molecule has 51 valence electrons. The fraction of sp³-hybridized carbons (Fsp3) is 0.750. The smallest absolute Gasteiger partial charge is 0.0732 e. The molecule has 1 radical (unpaired) electrons. The summed E-state index contributed by atoms with van der Waals surface area (Å²) >= 11 is 0. The van der Waals surface area contributed by atoms with Crippen LogP contribution in [-0.4, -0.2) is 8.80 Å². The van der Waals surface area contributed by atoms with Crippen LogP contribution >= 0.6 is 0 Å². The lowest BCUT2D eigenvalue weighted by atomic mass is 10.1. The van der Waals surface area contributed by atoms with E-state index >= 15 is 0 Å². The average Bonchev–Trinajstić information content (AvgIpc) is 1.90. The molecule has 0 saturated carbocycles. The molecule has 1 aliphatic carbocycles. The molecule has 0 amide bonds. The maximum Gasteiger partial charge on any atom is 0.0732 e. The van der Waals surface area contributed by atoms with E-state index in [1.807, 2.05) is 0 Å². The van der Waals surface area contributed by atoms with Crippen LogP contribution in [0.1, 0.15) is 25.7 Å². The molecule has 0 aromatic heterocycles. The summed E-state index contributed by atoms with van der Waals surface area (Å²) in [5.41, 5.74) is 0. The molecule has 0 aromatic carbocycles. The van der Waals surface area contributed by atoms with Crippen molar-refractivity contribution in [3.63, 3.8) is 0 Å². The Morgan fingerprint density at radius 1 is 1.33 bits per heavy atom. The first-order chi connectivity index (χ1) is 4.30. The Bertz CT molecular complexity index is 114. The lowest BCUT2D eigenvalue weighted by molar-refractivity contribution is 0.719. The first-order valence-corrected chi connectivity index (χ1v) is 6.30. The van der Waals surface area contributed by atoms with Gasteiger partial charge in [0.2, 0.25) is 0 Å². The van der Waals surface area contributed by atoms with Crippen molar-refractivity contribution in [2.75, 3.05) is 0 Å². The van der Waals surface area contributed by atoms with E-state index in [0.29, 0.717) is 0 Å². The predicted molar refractivity (Wildman–Crippen MR) is 44.0 cm³/mol. The molecule has 0 fully saturated rings. The van der Waals surface area contributed by atoms with E-state index in [1.54, 1.807) is 5.20 Å². The first kappa shape index (κ1) is 7.07. The van der Waals surface area contributed by atoms with Crippen molar-refractivity contribution in [1.29, 1.82) is 0 Å². The fourth-order valence-corrected chi connectivity index (χ4v) is 2.52. The Balaban J connectivity index is 2.46. The van der Waals surface area contributed by atoms with E-state index in [9.17, 15) is 0 Å². The maximum absolute atomic E-state index is 2.47. The molecule has 0 spiro atoms. The number of rotatable bonds is 1. The van der Waals surface area contributed by atoms with Gasteiger partial charge in [0.25, 0.3) is 0 Å². The molecule has 0 aromatic rings. The molecule has 0 atom stereocenters. The van der Waals surface area contributed by atoms with E-state index in [0.717, 1.165) is 0 Å². The Hall–Kier alpha value is -0.0431. The minimum Gasteiger partial charge on any atom is -0.0894 e. The molecular formula is C8H15Si. The monoisotopic (exact) mass is 139 g/mol. The maximum atomic E-state index is 2.47. The zero-order valence-electron chi connectivity index (χ0n) is 6.41. The van der Waals surface area contributed by atoms with Gasteiger partial charge in [-0.05, 0) is 25.7 Å². The van der Waals surface area contributed by atoms with Gasteiger partial charge in [0.1, 0.15) is 0 Å². The van der Waals surface area contributed by atoms with E-state index in [1.165, 1.54) is 25.7 Å². The molecule has 0 aliphatic heterocycles. The van der Waals surface area contributed by atoms with Crippen molar-refractivity contribution in [2.24, 2.45) is 0 Å². The largest absolute Gasteiger partial charge is 0.0894 e. The molecule has 0 nitrogen and oxygen atoms in total. The van der Waals surface area contributed by atoms with Crippen molar-refractivity contribution in [2.45, 2.75) is 38.8 Å². The molecule has 0 bridgehead atoms. The van der Waals surface area contributed by atoms with E-state index in [4.69, 9.17) is 0 Å². The molecule has 1 aliphatic rings. The molecule has 1 rings (SSSR count). The lowest BCUT2D eigenvalue weighted by Gasteiger charge is -2.13. The third kappa shape index (κ3) is 1.97. The zero-order valence-corrected chi connectivity index (χ0v) is 7.41. The summed E-state index contributed by atoms with van der Waals surface area (Å²) in [5, 5.41) is 1.78. The van der Waals surface area contributed by atoms with Gasteiger partial charge in [-0.3, -0.25) is 0 Å². The Labute approximate surface area is 59.6 Å². The second-order valence-corrected chi connectivity index (χ2v) is 5.62. The van der Waals surface area contributed by atoms with Gasteiger partial charge in [0, 0.05) is 0 Å². The Morgan fingerprint density at radius 2 is 2.11 bits per heavy atom. The Morgan fingerprint density at radius 3 is 2.44 bits per heavy atom. The highest BCUT2D eigenvalue weighted by molar-refractivity contribution is 6.63. The fourth-order valence-electron chi connectivity index (χ4n) is 1.29. The van der Waals surface area contributed by atoms with Gasteiger partial charge in [-0.15, -0.1) is 0 Å². The summed E-state index contributed by atoms with van der Waals surface area (Å²) in [5.74, 6) is 0. The summed E-state index contributed by atoms with van der Waals surface area (Å²) in [6.45, 7) is 4.78. The van der Waals surface area contributed by atoms with Crippen molar-refractivity contribution in [3.8, 4) is 0 Å². The summed E-state index contributed by atoms with van der Waals surface area (Å²) in [7, 11) is -0.0741. The molecule has 0 heterocycles. The highest BCUT2D eigenvalue weighted by Gasteiger charge is 2.07. The van der Waals surface area contributed by atoms with Gasteiger partial charge in [0.15, 0.2) is 0 Å². The van der Waals surface area contributed by atoms with Gasteiger partial charge in [-0.2, -0.15) is 0 Å². The third-order valence-electron chi connectivity index (χ3n) is 1.93. The van der Waals surface area contributed by atoms with Crippen molar-refractivity contribution < 1.29 is 0 Å². The molecular weight excluding hydrogens is 124 g/mol. The highest BCUT2D eigenvalue weighted by atomic mass is 28.3. The van der Waals surface area contributed by atoms with Crippen LogP contribution in [0, 0.1) is 0 Å². The second-order valence-electron chi connectivity index (χ2n) is 2.98. The van der Waals surface area contributed by atoms with Crippen LogP contribution in [0.4, 0.5) is 0 Å². The molecule has 0 N–H and O–H groups in total. The molecule has 0 saturated heterocycles. The van der Waals surface area contributed by atoms with Gasteiger partial charge >= 0.3 is 0 Å². The minimum absolute atomic E-state index is 0.0741. The van der Waals surface area contributed by atoms with E-state index in [2.05, 4.69) is 19.2 Å². The SMILES string of the molecule is C[Si](C)C1=CCCCC1. The van der Waals surface area contributed by atoms with Crippen LogP contribution < -0.4 is 0 Å².